The number of amidine groups is 1. The van der Waals surface area contributed by atoms with E-state index >= 15 is 0 Å². The number of aryl methyl sites for hydroxylation is 2. The van der Waals surface area contributed by atoms with Crippen LogP contribution >= 0.6 is 0 Å². The molecule has 0 spiro atoms. The molecule has 0 fully saturated rings. The fourth-order valence-electron chi connectivity index (χ4n) is 4.73. The molecule has 0 aliphatic carbocycles. The van der Waals surface area contributed by atoms with Gasteiger partial charge in [0.2, 0.25) is 0 Å². The predicted molar refractivity (Wildman–Crippen MR) is 130 cm³/mol. The number of hydrazone groups is 1. The molecule has 7 heteroatoms. The number of fused-ring (bicyclic) bond motifs is 2. The van der Waals surface area contributed by atoms with Gasteiger partial charge in [-0.05, 0) is 48.9 Å². The van der Waals surface area contributed by atoms with Crippen molar-refractivity contribution in [2.24, 2.45) is 26.7 Å². The van der Waals surface area contributed by atoms with Gasteiger partial charge in [-0.1, -0.05) is 43.3 Å². The van der Waals surface area contributed by atoms with Crippen LogP contribution in [-0.2, 0) is 6.54 Å². The Morgan fingerprint density at radius 3 is 2.62 bits per heavy atom. The summed E-state index contributed by atoms with van der Waals surface area (Å²) in [5.41, 5.74) is 10.9. The van der Waals surface area contributed by atoms with E-state index in [4.69, 9.17) is 10.8 Å². The molecule has 3 aromatic rings. The SMILES string of the molecule is CCC1=NN(Cc2cc3cccc(C)c3c(=O)n2-c2ccccc2C)C2N=CN=C(N)C12. The first kappa shape index (κ1) is 20.2. The average Bonchev–Trinajstić information content (AvgIpc) is 3.14. The molecule has 2 aliphatic rings. The number of rotatable bonds is 4. The molecule has 32 heavy (non-hydrogen) atoms. The van der Waals surface area contributed by atoms with E-state index in [-0.39, 0.29) is 17.6 Å². The second-order valence-electron chi connectivity index (χ2n) is 8.35. The molecule has 3 heterocycles. The van der Waals surface area contributed by atoms with Crippen molar-refractivity contribution in [3.05, 3.63) is 75.7 Å². The molecular formula is C25H26N6O. The summed E-state index contributed by atoms with van der Waals surface area (Å²) >= 11 is 0. The van der Waals surface area contributed by atoms with Gasteiger partial charge in [-0.15, -0.1) is 0 Å². The maximum absolute atomic E-state index is 13.8. The van der Waals surface area contributed by atoms with Crippen molar-refractivity contribution in [1.82, 2.24) is 9.58 Å². The summed E-state index contributed by atoms with van der Waals surface area (Å²) in [7, 11) is 0. The van der Waals surface area contributed by atoms with E-state index in [0.717, 1.165) is 45.4 Å². The molecule has 0 radical (unpaired) electrons. The van der Waals surface area contributed by atoms with Gasteiger partial charge in [0.05, 0.1) is 29.2 Å². The summed E-state index contributed by atoms with van der Waals surface area (Å²) in [6.45, 7) is 6.50. The van der Waals surface area contributed by atoms with Crippen LogP contribution in [0.5, 0.6) is 0 Å². The van der Waals surface area contributed by atoms with Crippen LogP contribution in [0, 0.1) is 19.8 Å². The van der Waals surface area contributed by atoms with E-state index < -0.39 is 0 Å². The van der Waals surface area contributed by atoms with Crippen LogP contribution in [0.25, 0.3) is 16.5 Å². The second-order valence-corrected chi connectivity index (χ2v) is 8.35. The van der Waals surface area contributed by atoms with E-state index in [9.17, 15) is 4.79 Å². The number of para-hydroxylation sites is 1. The van der Waals surface area contributed by atoms with E-state index in [0.29, 0.717) is 12.4 Å². The van der Waals surface area contributed by atoms with Crippen molar-refractivity contribution in [3.63, 3.8) is 0 Å². The molecule has 5 rings (SSSR count). The van der Waals surface area contributed by atoms with Crippen LogP contribution in [0.2, 0.25) is 0 Å². The van der Waals surface area contributed by atoms with Crippen molar-refractivity contribution in [1.29, 1.82) is 0 Å². The number of hydrogen-bond acceptors (Lipinski definition) is 6. The van der Waals surface area contributed by atoms with Crippen molar-refractivity contribution in [2.75, 3.05) is 0 Å². The van der Waals surface area contributed by atoms with Gasteiger partial charge < -0.3 is 5.73 Å². The molecule has 2 atom stereocenters. The van der Waals surface area contributed by atoms with Crippen LogP contribution in [0.15, 0.2) is 68.4 Å². The van der Waals surface area contributed by atoms with Crippen LogP contribution in [0.1, 0.15) is 30.2 Å². The third-order valence-electron chi connectivity index (χ3n) is 6.34. The number of hydrogen-bond donors (Lipinski definition) is 1. The lowest BCUT2D eigenvalue weighted by Gasteiger charge is -2.27. The van der Waals surface area contributed by atoms with Crippen LogP contribution < -0.4 is 11.3 Å². The Labute approximate surface area is 186 Å². The van der Waals surface area contributed by atoms with Gasteiger partial charge in [0.1, 0.15) is 12.2 Å². The van der Waals surface area contributed by atoms with Gasteiger partial charge in [0.15, 0.2) is 6.17 Å². The lowest BCUT2D eigenvalue weighted by Crippen LogP contribution is -2.42. The predicted octanol–water partition coefficient (Wildman–Crippen LogP) is 3.53. The Balaban J connectivity index is 1.69. The summed E-state index contributed by atoms with van der Waals surface area (Å²) in [4.78, 5) is 22.6. The highest BCUT2D eigenvalue weighted by atomic mass is 16.1. The van der Waals surface area contributed by atoms with Gasteiger partial charge in [-0.25, -0.2) is 9.98 Å². The Hall–Kier alpha value is -3.74. The molecule has 2 unspecified atom stereocenters. The minimum Gasteiger partial charge on any atom is -0.386 e. The quantitative estimate of drug-likeness (QED) is 0.692. The molecule has 1 aromatic heterocycles. The molecule has 0 saturated carbocycles. The molecular weight excluding hydrogens is 400 g/mol. The maximum atomic E-state index is 13.8. The van der Waals surface area contributed by atoms with Crippen LogP contribution in [-0.4, -0.2) is 33.6 Å². The van der Waals surface area contributed by atoms with Gasteiger partial charge >= 0.3 is 0 Å². The first-order valence-corrected chi connectivity index (χ1v) is 10.9. The summed E-state index contributed by atoms with van der Waals surface area (Å²) in [6, 6.07) is 16.0. The third-order valence-corrected chi connectivity index (χ3v) is 6.34. The monoisotopic (exact) mass is 426 g/mol. The van der Waals surface area contributed by atoms with Crippen molar-refractivity contribution >= 4 is 28.7 Å². The smallest absolute Gasteiger partial charge is 0.263 e. The summed E-state index contributed by atoms with van der Waals surface area (Å²) in [5.74, 6) is 0.421. The number of pyridine rings is 1. The Morgan fingerprint density at radius 2 is 1.84 bits per heavy atom. The molecule has 2 aliphatic heterocycles. The summed E-state index contributed by atoms with van der Waals surface area (Å²) in [6.07, 6.45) is 2.04. The zero-order valence-corrected chi connectivity index (χ0v) is 18.5. The Kier molecular flexibility index (Phi) is 4.89. The maximum Gasteiger partial charge on any atom is 0.263 e. The van der Waals surface area contributed by atoms with E-state index in [2.05, 4.69) is 23.0 Å². The Morgan fingerprint density at radius 1 is 1.06 bits per heavy atom. The van der Waals surface area contributed by atoms with E-state index in [1.54, 1.807) is 0 Å². The summed E-state index contributed by atoms with van der Waals surface area (Å²) < 4.78 is 1.82. The van der Waals surface area contributed by atoms with Crippen molar-refractivity contribution in [2.45, 2.75) is 39.9 Å². The third kappa shape index (κ3) is 3.12. The fourth-order valence-corrected chi connectivity index (χ4v) is 4.73. The highest BCUT2D eigenvalue weighted by Gasteiger charge is 2.40. The van der Waals surface area contributed by atoms with E-state index in [1.165, 1.54) is 6.34 Å². The Bertz CT molecular complexity index is 1370. The lowest BCUT2D eigenvalue weighted by molar-refractivity contribution is 0.210. The number of aliphatic imine (C=N–C) groups is 2. The largest absolute Gasteiger partial charge is 0.386 e. The average molecular weight is 427 g/mol. The normalized spacial score (nSPS) is 19.8. The minimum absolute atomic E-state index is 0.0198. The van der Waals surface area contributed by atoms with E-state index in [1.807, 2.05) is 65.9 Å². The first-order valence-electron chi connectivity index (χ1n) is 10.9. The van der Waals surface area contributed by atoms with Gasteiger partial charge in [-0.3, -0.25) is 14.4 Å². The second kappa shape index (κ2) is 7.75. The lowest BCUT2D eigenvalue weighted by atomic mass is 9.97. The number of aromatic nitrogens is 1. The van der Waals surface area contributed by atoms with Gasteiger partial charge in [0.25, 0.3) is 5.56 Å². The fraction of sp³-hybridized carbons (Fsp3) is 0.280. The molecule has 162 valence electrons. The molecule has 0 saturated heterocycles. The van der Waals surface area contributed by atoms with Gasteiger partial charge in [-0.2, -0.15) is 5.10 Å². The molecule has 0 bridgehead atoms. The highest BCUT2D eigenvalue weighted by Crippen LogP contribution is 2.30. The first-order chi connectivity index (χ1) is 15.5. The number of nitrogens with two attached hydrogens (primary N) is 1. The van der Waals surface area contributed by atoms with Crippen LogP contribution in [0.3, 0.4) is 0 Å². The van der Waals surface area contributed by atoms with Crippen LogP contribution in [0.4, 0.5) is 0 Å². The topological polar surface area (TPSA) is 88.3 Å². The molecule has 7 nitrogen and oxygen atoms in total. The minimum atomic E-state index is -0.240. The summed E-state index contributed by atoms with van der Waals surface area (Å²) in [5, 5.41) is 8.45. The molecule has 2 N–H and O–H groups in total. The van der Waals surface area contributed by atoms with Gasteiger partial charge in [0, 0.05) is 5.69 Å². The number of benzene rings is 2. The molecule has 2 aromatic carbocycles. The van der Waals surface area contributed by atoms with Crippen molar-refractivity contribution in [3.8, 4) is 5.69 Å². The zero-order chi connectivity index (χ0) is 22.4. The molecule has 0 amide bonds. The highest BCUT2D eigenvalue weighted by molar-refractivity contribution is 6.10. The zero-order valence-electron chi connectivity index (χ0n) is 18.5. The standard InChI is InChI=1S/C25H26N6O/c1-4-19-22-23(26)27-14-28-24(22)30(29-19)13-18-12-17-10-7-9-16(3)21(17)25(32)31(18)20-11-6-5-8-15(20)2/h5-12,14,22,24H,4,13H2,1-3H3,(H2,26,27,28). The number of nitrogens with zero attached hydrogens (tertiary/aromatic N) is 5. The van der Waals surface area contributed by atoms with Crippen molar-refractivity contribution < 1.29 is 0 Å².